The Kier molecular flexibility index (Phi) is 6.14. The predicted molar refractivity (Wildman–Crippen MR) is 63.6 cm³/mol. The van der Waals surface area contributed by atoms with Crippen molar-refractivity contribution in [1.82, 2.24) is 5.32 Å². The molecule has 0 aromatic heterocycles. The van der Waals surface area contributed by atoms with Crippen LogP contribution in [0.2, 0.25) is 0 Å². The fraction of sp³-hybridized carbons (Fsp3) is 0.769. The Morgan fingerprint density at radius 3 is 2.73 bits per heavy atom. The zero-order valence-electron chi connectivity index (χ0n) is 9.80. The Hall–Kier alpha value is -0.790. The summed E-state index contributed by atoms with van der Waals surface area (Å²) in [6, 6.07) is 0. The summed E-state index contributed by atoms with van der Waals surface area (Å²) in [5.74, 6) is 0.895. The lowest BCUT2D eigenvalue weighted by atomic mass is 9.87. The van der Waals surface area contributed by atoms with Crippen molar-refractivity contribution >= 4 is 5.91 Å². The number of rotatable bonds is 5. The molecule has 0 spiro atoms. The molecule has 0 aromatic carbocycles. The predicted octanol–water partition coefficient (Wildman–Crippen LogP) is 3.04. The summed E-state index contributed by atoms with van der Waals surface area (Å²) in [7, 11) is 0. The van der Waals surface area contributed by atoms with Crippen molar-refractivity contribution in [3.05, 3.63) is 12.2 Å². The summed E-state index contributed by atoms with van der Waals surface area (Å²) in [6.45, 7) is 2.79. The Bertz CT molecular complexity index is 205. The molecule has 86 valence electrons. The van der Waals surface area contributed by atoms with E-state index in [1.54, 1.807) is 0 Å². The van der Waals surface area contributed by atoms with Gasteiger partial charge < -0.3 is 5.32 Å². The number of carbonyl (C=O) groups is 1. The number of nitrogens with one attached hydrogen (secondary N) is 1. The van der Waals surface area contributed by atoms with Crippen molar-refractivity contribution in [2.75, 3.05) is 6.54 Å². The molecule has 2 nitrogen and oxygen atoms in total. The molecule has 2 heteroatoms. The topological polar surface area (TPSA) is 29.1 Å². The van der Waals surface area contributed by atoms with E-state index in [0.29, 0.717) is 5.92 Å². The van der Waals surface area contributed by atoms with Crippen LogP contribution in [0.15, 0.2) is 12.2 Å². The molecule has 15 heavy (non-hydrogen) atoms. The average molecular weight is 209 g/mol. The number of allylic oxidation sites excluding steroid dienone is 1. The van der Waals surface area contributed by atoms with E-state index in [1.807, 2.05) is 13.0 Å². The molecule has 0 saturated heterocycles. The highest BCUT2D eigenvalue weighted by molar-refractivity contribution is 5.76. The van der Waals surface area contributed by atoms with Crippen molar-refractivity contribution < 1.29 is 4.79 Å². The fourth-order valence-electron chi connectivity index (χ4n) is 2.19. The third-order valence-corrected chi connectivity index (χ3v) is 3.07. The van der Waals surface area contributed by atoms with Crippen molar-refractivity contribution in [3.8, 4) is 0 Å². The minimum absolute atomic E-state index is 0.242. The van der Waals surface area contributed by atoms with E-state index >= 15 is 0 Å². The van der Waals surface area contributed by atoms with Gasteiger partial charge in [0, 0.05) is 13.0 Å². The molecule has 0 unspecified atom stereocenters. The standard InChI is InChI=1S/C13H23NO/c1-2-3-7-10-14-13(15)11-12-8-5-4-6-9-12/h2-3,12H,4-11H2,1H3,(H,14,15)/b3-2+. The molecule has 0 aliphatic heterocycles. The first kappa shape index (κ1) is 12.3. The lowest BCUT2D eigenvalue weighted by molar-refractivity contribution is -0.122. The van der Waals surface area contributed by atoms with Crippen LogP contribution in [0.25, 0.3) is 0 Å². The van der Waals surface area contributed by atoms with Crippen LogP contribution in [0.5, 0.6) is 0 Å². The van der Waals surface area contributed by atoms with Gasteiger partial charge in [-0.2, -0.15) is 0 Å². The van der Waals surface area contributed by atoms with Gasteiger partial charge in [-0.3, -0.25) is 4.79 Å². The van der Waals surface area contributed by atoms with E-state index in [2.05, 4.69) is 11.4 Å². The van der Waals surface area contributed by atoms with Crippen LogP contribution >= 0.6 is 0 Å². The minimum Gasteiger partial charge on any atom is -0.356 e. The van der Waals surface area contributed by atoms with E-state index in [-0.39, 0.29) is 5.91 Å². The Labute approximate surface area is 93.1 Å². The van der Waals surface area contributed by atoms with Crippen LogP contribution in [-0.2, 0) is 4.79 Å². The van der Waals surface area contributed by atoms with Crippen LogP contribution in [0.1, 0.15) is 51.9 Å². The van der Waals surface area contributed by atoms with E-state index in [1.165, 1.54) is 32.1 Å². The highest BCUT2D eigenvalue weighted by atomic mass is 16.1. The summed E-state index contributed by atoms with van der Waals surface area (Å²) in [4.78, 5) is 11.5. The first-order valence-corrected chi connectivity index (χ1v) is 6.20. The molecule has 1 amide bonds. The highest BCUT2D eigenvalue weighted by Crippen LogP contribution is 2.25. The fourth-order valence-corrected chi connectivity index (χ4v) is 2.19. The smallest absolute Gasteiger partial charge is 0.220 e. The SMILES string of the molecule is C/C=C/CCNC(=O)CC1CCCCC1. The number of hydrogen-bond acceptors (Lipinski definition) is 1. The van der Waals surface area contributed by atoms with Crippen molar-refractivity contribution in [2.24, 2.45) is 5.92 Å². The summed E-state index contributed by atoms with van der Waals surface area (Å²) < 4.78 is 0. The Balaban J connectivity index is 2.06. The quantitative estimate of drug-likeness (QED) is 0.547. The van der Waals surface area contributed by atoms with Gasteiger partial charge in [0.2, 0.25) is 5.91 Å². The molecule has 0 heterocycles. The number of hydrogen-bond donors (Lipinski definition) is 1. The van der Waals surface area contributed by atoms with Crippen LogP contribution in [0, 0.1) is 5.92 Å². The van der Waals surface area contributed by atoms with E-state index in [0.717, 1.165) is 19.4 Å². The maximum atomic E-state index is 11.5. The van der Waals surface area contributed by atoms with Gasteiger partial charge in [-0.15, -0.1) is 0 Å². The molecule has 1 fully saturated rings. The lowest BCUT2D eigenvalue weighted by Gasteiger charge is -2.20. The molecule has 0 bridgehead atoms. The van der Waals surface area contributed by atoms with Crippen LogP contribution in [0.4, 0.5) is 0 Å². The lowest BCUT2D eigenvalue weighted by Crippen LogP contribution is -2.26. The molecule has 0 aromatic rings. The first-order chi connectivity index (χ1) is 7.33. The van der Waals surface area contributed by atoms with Gasteiger partial charge in [-0.05, 0) is 32.1 Å². The second-order valence-corrected chi connectivity index (χ2v) is 4.42. The summed E-state index contributed by atoms with van der Waals surface area (Å²) in [6.07, 6.45) is 12.3. The number of carbonyl (C=O) groups excluding carboxylic acids is 1. The average Bonchev–Trinajstić information content (AvgIpc) is 2.26. The monoisotopic (exact) mass is 209 g/mol. The van der Waals surface area contributed by atoms with Crippen LogP contribution in [0.3, 0.4) is 0 Å². The molecule has 0 atom stereocenters. The second-order valence-electron chi connectivity index (χ2n) is 4.42. The molecule has 1 saturated carbocycles. The van der Waals surface area contributed by atoms with Crippen LogP contribution in [-0.4, -0.2) is 12.5 Å². The largest absolute Gasteiger partial charge is 0.356 e. The summed E-state index contributed by atoms with van der Waals surface area (Å²) in [5.41, 5.74) is 0. The molecular formula is C13H23NO. The van der Waals surface area contributed by atoms with Gasteiger partial charge >= 0.3 is 0 Å². The van der Waals surface area contributed by atoms with Gasteiger partial charge in [0.15, 0.2) is 0 Å². The van der Waals surface area contributed by atoms with Gasteiger partial charge in [0.25, 0.3) is 0 Å². The molecular weight excluding hydrogens is 186 g/mol. The number of amides is 1. The Morgan fingerprint density at radius 1 is 1.33 bits per heavy atom. The minimum atomic E-state index is 0.242. The third kappa shape index (κ3) is 5.60. The van der Waals surface area contributed by atoms with E-state index < -0.39 is 0 Å². The molecule has 1 aliphatic carbocycles. The maximum absolute atomic E-state index is 11.5. The molecule has 1 N–H and O–H groups in total. The van der Waals surface area contributed by atoms with Gasteiger partial charge in [0.1, 0.15) is 0 Å². The van der Waals surface area contributed by atoms with Crippen molar-refractivity contribution in [1.29, 1.82) is 0 Å². The van der Waals surface area contributed by atoms with Crippen molar-refractivity contribution in [3.63, 3.8) is 0 Å². The maximum Gasteiger partial charge on any atom is 0.220 e. The summed E-state index contributed by atoms with van der Waals surface area (Å²) >= 11 is 0. The van der Waals surface area contributed by atoms with Gasteiger partial charge in [-0.25, -0.2) is 0 Å². The summed E-state index contributed by atoms with van der Waals surface area (Å²) in [5, 5.41) is 2.97. The Morgan fingerprint density at radius 2 is 2.07 bits per heavy atom. The molecule has 0 radical (unpaired) electrons. The van der Waals surface area contributed by atoms with Crippen molar-refractivity contribution in [2.45, 2.75) is 51.9 Å². The van der Waals surface area contributed by atoms with E-state index in [9.17, 15) is 4.79 Å². The highest BCUT2D eigenvalue weighted by Gasteiger charge is 2.16. The first-order valence-electron chi connectivity index (χ1n) is 6.20. The zero-order chi connectivity index (χ0) is 10.9. The molecule has 1 aliphatic rings. The van der Waals surface area contributed by atoms with E-state index in [4.69, 9.17) is 0 Å². The third-order valence-electron chi connectivity index (χ3n) is 3.07. The second kappa shape index (κ2) is 7.49. The molecule has 1 rings (SSSR count). The normalized spacial score (nSPS) is 18.2. The van der Waals surface area contributed by atoms with Gasteiger partial charge in [0.05, 0.1) is 0 Å². The van der Waals surface area contributed by atoms with Gasteiger partial charge in [-0.1, -0.05) is 31.4 Å². The zero-order valence-corrected chi connectivity index (χ0v) is 9.80. The van der Waals surface area contributed by atoms with Crippen LogP contribution < -0.4 is 5.32 Å².